The average Bonchev–Trinajstić information content (AvgIpc) is 3.41. The van der Waals surface area contributed by atoms with Crippen LogP contribution >= 0.6 is 0 Å². The Morgan fingerprint density at radius 3 is 2.64 bits per heavy atom. The summed E-state index contributed by atoms with van der Waals surface area (Å²) in [6.45, 7) is 3.23. The third-order valence-electron chi connectivity index (χ3n) is 7.14. The van der Waals surface area contributed by atoms with Gasteiger partial charge >= 0.3 is 6.03 Å². The maximum Gasteiger partial charge on any atom is 0.321 e. The van der Waals surface area contributed by atoms with Crippen molar-refractivity contribution in [1.29, 1.82) is 0 Å². The fourth-order valence-electron chi connectivity index (χ4n) is 4.99. The second kappa shape index (κ2) is 12.4. The number of ether oxygens (including phenoxy) is 1. The number of aromatic nitrogens is 4. The number of urea groups is 1. The molecule has 3 aromatic heterocycles. The molecule has 6 rings (SSSR count). The molecule has 10 nitrogen and oxygen atoms in total. The van der Waals surface area contributed by atoms with E-state index in [4.69, 9.17) is 14.7 Å². The average molecular weight is 563 g/mol. The third kappa shape index (κ3) is 6.24. The van der Waals surface area contributed by atoms with Gasteiger partial charge in [0.1, 0.15) is 5.65 Å². The van der Waals surface area contributed by atoms with Crippen LogP contribution in [0.15, 0.2) is 85.2 Å². The van der Waals surface area contributed by atoms with Crippen LogP contribution in [-0.4, -0.2) is 82.1 Å². The van der Waals surface area contributed by atoms with Crippen LogP contribution < -0.4 is 10.6 Å². The second-order valence-electron chi connectivity index (χ2n) is 10.5. The van der Waals surface area contributed by atoms with E-state index in [1.165, 1.54) is 5.56 Å². The van der Waals surface area contributed by atoms with Gasteiger partial charge in [-0.2, -0.15) is 0 Å². The van der Waals surface area contributed by atoms with Crippen molar-refractivity contribution in [3.8, 4) is 22.6 Å². The first-order valence-electron chi connectivity index (χ1n) is 14.1. The highest BCUT2D eigenvalue weighted by Crippen LogP contribution is 2.33. The number of amides is 2. The highest BCUT2D eigenvalue weighted by molar-refractivity contribution is 5.91. The van der Waals surface area contributed by atoms with Crippen LogP contribution in [0.4, 0.5) is 22.1 Å². The Morgan fingerprint density at radius 1 is 0.952 bits per heavy atom. The van der Waals surface area contributed by atoms with Gasteiger partial charge in [0.05, 0.1) is 30.3 Å². The molecular formula is C32H34N8O2. The van der Waals surface area contributed by atoms with Crippen LogP contribution in [0.25, 0.3) is 28.3 Å². The second-order valence-corrected chi connectivity index (χ2v) is 10.5. The number of rotatable bonds is 8. The van der Waals surface area contributed by atoms with E-state index >= 15 is 0 Å². The van der Waals surface area contributed by atoms with Crippen molar-refractivity contribution >= 4 is 29.0 Å². The molecule has 214 valence electrons. The third-order valence-corrected chi connectivity index (χ3v) is 7.14. The molecule has 0 radical (unpaired) electrons. The van der Waals surface area contributed by atoms with Gasteiger partial charge in [0.25, 0.3) is 0 Å². The van der Waals surface area contributed by atoms with Gasteiger partial charge in [-0.1, -0.05) is 30.3 Å². The summed E-state index contributed by atoms with van der Waals surface area (Å²) < 4.78 is 7.41. The monoisotopic (exact) mass is 562 g/mol. The lowest BCUT2D eigenvalue weighted by Gasteiger charge is -2.27. The van der Waals surface area contributed by atoms with Crippen molar-refractivity contribution in [2.24, 2.45) is 0 Å². The maximum absolute atomic E-state index is 12.8. The van der Waals surface area contributed by atoms with Crippen molar-refractivity contribution in [2.45, 2.75) is 6.42 Å². The first-order chi connectivity index (χ1) is 20.5. The number of nitrogens with zero attached hydrogens (tertiary/aromatic N) is 6. The number of hydrogen-bond acceptors (Lipinski definition) is 7. The zero-order valence-electron chi connectivity index (χ0n) is 23.8. The van der Waals surface area contributed by atoms with Gasteiger partial charge in [-0.25, -0.2) is 19.7 Å². The Balaban J connectivity index is 1.31. The molecule has 0 atom stereocenters. The first-order valence-corrected chi connectivity index (χ1v) is 14.1. The van der Waals surface area contributed by atoms with Crippen LogP contribution in [0.2, 0.25) is 0 Å². The minimum atomic E-state index is -0.136. The molecule has 0 spiro atoms. The first kappa shape index (κ1) is 27.4. The molecule has 0 bridgehead atoms. The Hall–Kier alpha value is -4.80. The molecule has 5 aromatic rings. The number of carbonyl (C=O) groups excluding carboxylic acids is 1. The normalized spacial score (nSPS) is 13.5. The Kier molecular flexibility index (Phi) is 8.07. The molecule has 0 unspecified atom stereocenters. The molecule has 1 aliphatic rings. The van der Waals surface area contributed by atoms with E-state index in [0.29, 0.717) is 37.9 Å². The molecule has 2 amide bonds. The van der Waals surface area contributed by atoms with Gasteiger partial charge in [-0.15, -0.1) is 0 Å². The van der Waals surface area contributed by atoms with Gasteiger partial charge in [-0.3, -0.25) is 4.40 Å². The minimum absolute atomic E-state index is 0.136. The smallest absolute Gasteiger partial charge is 0.321 e. The molecule has 1 saturated heterocycles. The lowest BCUT2D eigenvalue weighted by molar-refractivity contribution is 0.0564. The number of pyridine rings is 1. The molecule has 0 aliphatic carbocycles. The number of imidazole rings is 1. The largest absolute Gasteiger partial charge is 0.378 e. The van der Waals surface area contributed by atoms with Gasteiger partial charge in [0.15, 0.2) is 0 Å². The quantitative estimate of drug-likeness (QED) is 0.269. The lowest BCUT2D eigenvalue weighted by Crippen LogP contribution is -2.43. The van der Waals surface area contributed by atoms with E-state index in [2.05, 4.69) is 46.7 Å². The van der Waals surface area contributed by atoms with E-state index in [-0.39, 0.29) is 6.03 Å². The summed E-state index contributed by atoms with van der Waals surface area (Å²) in [6, 6.07) is 23.7. The highest BCUT2D eigenvalue weighted by atomic mass is 16.5. The number of likely N-dealkylation sites (N-methyl/N-ethyl adjacent to an activating group) is 1. The van der Waals surface area contributed by atoms with Crippen molar-refractivity contribution in [2.75, 3.05) is 57.6 Å². The van der Waals surface area contributed by atoms with Crippen LogP contribution in [-0.2, 0) is 11.2 Å². The number of hydrogen-bond donors (Lipinski definition) is 2. The number of fused-ring (bicyclic) bond motifs is 1. The molecule has 1 fully saturated rings. The van der Waals surface area contributed by atoms with E-state index in [9.17, 15) is 4.79 Å². The molecule has 4 heterocycles. The minimum Gasteiger partial charge on any atom is -0.378 e. The molecule has 0 saturated carbocycles. The number of carbonyl (C=O) groups is 1. The number of benzene rings is 2. The predicted molar refractivity (Wildman–Crippen MR) is 165 cm³/mol. The molecular weight excluding hydrogens is 528 g/mol. The van der Waals surface area contributed by atoms with Crippen LogP contribution in [0.5, 0.6) is 0 Å². The lowest BCUT2D eigenvalue weighted by atomic mass is 10.1. The zero-order valence-corrected chi connectivity index (χ0v) is 23.8. The standard InChI is InChI=1S/C32H34N8O2/c1-38(2)16-13-23-7-5-9-25(21-23)34-31-33-14-12-27(36-31)30-29(37-28-11-3-4-15-40(28)30)24-8-6-10-26(22-24)35-32(41)39-17-19-42-20-18-39/h3-12,14-15,21-22H,13,16-20H2,1-2H3,(H,35,41)(H,33,34,36). The van der Waals surface area contributed by atoms with Crippen molar-refractivity contribution < 1.29 is 9.53 Å². The zero-order chi connectivity index (χ0) is 28.9. The summed E-state index contributed by atoms with van der Waals surface area (Å²) in [6.07, 6.45) is 4.70. The van der Waals surface area contributed by atoms with E-state index in [1.54, 1.807) is 11.1 Å². The summed E-state index contributed by atoms with van der Waals surface area (Å²) in [5.41, 5.74) is 6.88. The fourth-order valence-corrected chi connectivity index (χ4v) is 4.99. The van der Waals surface area contributed by atoms with Crippen molar-refractivity contribution in [3.63, 3.8) is 0 Å². The predicted octanol–water partition coefficient (Wildman–Crippen LogP) is 5.17. The van der Waals surface area contributed by atoms with Crippen molar-refractivity contribution in [1.82, 2.24) is 29.2 Å². The summed E-state index contributed by atoms with van der Waals surface area (Å²) in [4.78, 5) is 31.1. The summed E-state index contributed by atoms with van der Waals surface area (Å²) in [7, 11) is 4.15. The number of anilines is 3. The van der Waals surface area contributed by atoms with Crippen LogP contribution in [0.1, 0.15) is 5.56 Å². The Morgan fingerprint density at radius 2 is 1.79 bits per heavy atom. The number of morpholine rings is 1. The molecule has 10 heteroatoms. The van der Waals surface area contributed by atoms with E-state index in [1.807, 2.05) is 71.3 Å². The highest BCUT2D eigenvalue weighted by Gasteiger charge is 2.20. The molecule has 2 aromatic carbocycles. The van der Waals surface area contributed by atoms with E-state index < -0.39 is 0 Å². The maximum atomic E-state index is 12.8. The fraction of sp³-hybridized carbons (Fsp3) is 0.250. The van der Waals surface area contributed by atoms with Gasteiger partial charge in [0.2, 0.25) is 5.95 Å². The molecule has 1 aliphatic heterocycles. The Labute approximate surface area is 245 Å². The SMILES string of the molecule is CN(C)CCc1cccc(Nc2nccc(-c3c(-c4cccc(NC(=O)N5CCOCC5)c4)nc4ccccn34)n2)c1. The number of nitrogens with one attached hydrogen (secondary N) is 2. The van der Waals surface area contributed by atoms with Gasteiger partial charge in [0, 0.05) is 49.0 Å². The molecule has 42 heavy (non-hydrogen) atoms. The van der Waals surface area contributed by atoms with Gasteiger partial charge in [-0.05, 0) is 68.5 Å². The van der Waals surface area contributed by atoms with Crippen LogP contribution in [0.3, 0.4) is 0 Å². The Bertz CT molecular complexity index is 1690. The van der Waals surface area contributed by atoms with Crippen molar-refractivity contribution in [3.05, 3.63) is 90.8 Å². The summed E-state index contributed by atoms with van der Waals surface area (Å²) in [5, 5.41) is 6.41. The van der Waals surface area contributed by atoms with Gasteiger partial charge < -0.3 is 25.2 Å². The van der Waals surface area contributed by atoms with E-state index in [0.717, 1.165) is 46.9 Å². The van der Waals surface area contributed by atoms with Crippen LogP contribution in [0, 0.1) is 0 Å². The topological polar surface area (TPSA) is 99.9 Å². The summed E-state index contributed by atoms with van der Waals surface area (Å²) in [5.74, 6) is 0.501. The molecule has 2 N–H and O–H groups in total. The summed E-state index contributed by atoms with van der Waals surface area (Å²) >= 11 is 0.